The highest BCUT2D eigenvalue weighted by atomic mass is 32.2. The minimum absolute atomic E-state index is 0.00327. The fraction of sp³-hybridized carbons (Fsp3) is 0.364. The van der Waals surface area contributed by atoms with Crippen molar-refractivity contribution >= 4 is 21.6 Å². The second-order valence-corrected chi connectivity index (χ2v) is 5.69. The standard InChI is InChI=1S/C11H14N2O3S/c12-17(15,16)10-7-2-1-6-9(10)13-11(14)8-4-3-5-8/h1-2,6-8H,3-5H2,(H,13,14)(H2,12,15,16). The van der Waals surface area contributed by atoms with E-state index in [9.17, 15) is 13.2 Å². The van der Waals surface area contributed by atoms with E-state index in [2.05, 4.69) is 5.32 Å². The number of carbonyl (C=O) groups is 1. The molecular weight excluding hydrogens is 240 g/mol. The largest absolute Gasteiger partial charge is 0.325 e. The summed E-state index contributed by atoms with van der Waals surface area (Å²) in [6.45, 7) is 0. The Morgan fingerprint density at radius 3 is 2.47 bits per heavy atom. The number of anilines is 1. The molecule has 0 heterocycles. The summed E-state index contributed by atoms with van der Waals surface area (Å²) < 4.78 is 22.6. The van der Waals surface area contributed by atoms with Crippen molar-refractivity contribution in [2.45, 2.75) is 24.2 Å². The van der Waals surface area contributed by atoms with Crippen LogP contribution in [0.2, 0.25) is 0 Å². The van der Waals surface area contributed by atoms with Gasteiger partial charge in [0.2, 0.25) is 15.9 Å². The fourth-order valence-corrected chi connectivity index (χ4v) is 2.42. The van der Waals surface area contributed by atoms with Gasteiger partial charge in [-0.3, -0.25) is 4.79 Å². The highest BCUT2D eigenvalue weighted by molar-refractivity contribution is 7.89. The highest BCUT2D eigenvalue weighted by Gasteiger charge is 2.26. The van der Waals surface area contributed by atoms with Gasteiger partial charge in [0, 0.05) is 5.92 Å². The molecule has 5 nitrogen and oxygen atoms in total. The Hall–Kier alpha value is -1.40. The third kappa shape index (κ3) is 2.65. The summed E-state index contributed by atoms with van der Waals surface area (Å²) in [6.07, 6.45) is 2.78. The van der Waals surface area contributed by atoms with Crippen LogP contribution in [0.4, 0.5) is 5.69 Å². The van der Waals surface area contributed by atoms with Crippen LogP contribution < -0.4 is 10.5 Å². The third-order valence-corrected chi connectivity index (χ3v) is 3.90. The van der Waals surface area contributed by atoms with Crippen LogP contribution >= 0.6 is 0 Å². The van der Waals surface area contributed by atoms with Gasteiger partial charge in [0.25, 0.3) is 0 Å². The molecule has 1 fully saturated rings. The first-order chi connectivity index (χ1) is 7.98. The minimum atomic E-state index is -3.81. The number of hydrogen-bond acceptors (Lipinski definition) is 3. The first-order valence-electron chi connectivity index (χ1n) is 5.41. The molecule has 0 spiro atoms. The summed E-state index contributed by atoms with van der Waals surface area (Å²) in [5, 5.41) is 7.70. The lowest BCUT2D eigenvalue weighted by molar-refractivity contribution is -0.122. The number of primary sulfonamides is 1. The summed E-state index contributed by atoms with van der Waals surface area (Å²) >= 11 is 0. The molecule has 2 rings (SSSR count). The van der Waals surface area contributed by atoms with E-state index in [1.807, 2.05) is 0 Å². The first kappa shape index (κ1) is 12.1. The van der Waals surface area contributed by atoms with E-state index in [0.717, 1.165) is 19.3 Å². The van der Waals surface area contributed by atoms with E-state index < -0.39 is 10.0 Å². The highest BCUT2D eigenvalue weighted by Crippen LogP contribution is 2.28. The molecule has 92 valence electrons. The van der Waals surface area contributed by atoms with Crippen LogP contribution in [0.15, 0.2) is 29.2 Å². The molecule has 17 heavy (non-hydrogen) atoms. The van der Waals surface area contributed by atoms with Crippen molar-refractivity contribution in [2.24, 2.45) is 11.1 Å². The first-order valence-corrected chi connectivity index (χ1v) is 6.96. The number of nitrogens with two attached hydrogens (primary N) is 1. The Morgan fingerprint density at radius 2 is 1.94 bits per heavy atom. The van der Waals surface area contributed by atoms with Crippen molar-refractivity contribution in [3.63, 3.8) is 0 Å². The second kappa shape index (κ2) is 4.46. The monoisotopic (exact) mass is 254 g/mol. The van der Waals surface area contributed by atoms with Crippen molar-refractivity contribution in [2.75, 3.05) is 5.32 Å². The molecule has 1 aliphatic rings. The quantitative estimate of drug-likeness (QED) is 0.845. The summed E-state index contributed by atoms with van der Waals surface area (Å²) in [7, 11) is -3.81. The van der Waals surface area contributed by atoms with Gasteiger partial charge in [-0.15, -0.1) is 0 Å². The Morgan fingerprint density at radius 1 is 1.29 bits per heavy atom. The maximum atomic E-state index is 11.7. The lowest BCUT2D eigenvalue weighted by Crippen LogP contribution is -2.29. The van der Waals surface area contributed by atoms with E-state index in [4.69, 9.17) is 5.14 Å². The second-order valence-electron chi connectivity index (χ2n) is 4.16. The molecule has 0 saturated heterocycles. The normalized spacial score (nSPS) is 16.3. The van der Waals surface area contributed by atoms with Gasteiger partial charge in [0.15, 0.2) is 0 Å². The molecule has 0 radical (unpaired) electrons. The van der Waals surface area contributed by atoms with Crippen LogP contribution in [0.1, 0.15) is 19.3 Å². The van der Waals surface area contributed by atoms with Crippen molar-refractivity contribution in [1.29, 1.82) is 0 Å². The molecule has 6 heteroatoms. The molecule has 0 bridgehead atoms. The van der Waals surface area contributed by atoms with Crippen LogP contribution in [0.5, 0.6) is 0 Å². The zero-order valence-corrected chi connectivity index (χ0v) is 10.0. The lowest BCUT2D eigenvalue weighted by atomic mass is 9.85. The summed E-state index contributed by atoms with van der Waals surface area (Å²) in [5.74, 6) is -0.129. The van der Waals surface area contributed by atoms with Gasteiger partial charge in [-0.1, -0.05) is 18.6 Å². The Balaban J connectivity index is 2.23. The third-order valence-electron chi connectivity index (χ3n) is 2.93. The van der Waals surface area contributed by atoms with Crippen LogP contribution in [0.3, 0.4) is 0 Å². The molecule has 0 aliphatic heterocycles. The minimum Gasteiger partial charge on any atom is -0.325 e. The zero-order chi connectivity index (χ0) is 12.5. The number of amides is 1. The predicted octanol–water partition coefficient (Wildman–Crippen LogP) is 1.07. The summed E-state index contributed by atoms with van der Waals surface area (Å²) in [4.78, 5) is 11.7. The van der Waals surface area contributed by atoms with Gasteiger partial charge in [0.05, 0.1) is 5.69 Å². The molecule has 3 N–H and O–H groups in total. The smallest absolute Gasteiger partial charge is 0.240 e. The molecule has 1 aromatic rings. The van der Waals surface area contributed by atoms with Gasteiger partial charge >= 0.3 is 0 Å². The Bertz CT molecular complexity index is 535. The summed E-state index contributed by atoms with van der Waals surface area (Å²) in [6, 6.07) is 6.14. The molecule has 0 aromatic heterocycles. The van der Waals surface area contributed by atoms with Crippen molar-refractivity contribution in [3.05, 3.63) is 24.3 Å². The van der Waals surface area contributed by atoms with Crippen LogP contribution in [-0.2, 0) is 14.8 Å². The van der Waals surface area contributed by atoms with Crippen molar-refractivity contribution in [3.8, 4) is 0 Å². The SMILES string of the molecule is NS(=O)(=O)c1ccccc1NC(=O)C1CCC1. The topological polar surface area (TPSA) is 89.3 Å². The molecule has 1 saturated carbocycles. The van der Waals surface area contributed by atoms with E-state index in [1.165, 1.54) is 12.1 Å². The Labute approximate surface area is 100 Å². The number of nitrogens with one attached hydrogen (secondary N) is 1. The lowest BCUT2D eigenvalue weighted by Gasteiger charge is -2.24. The number of hydrogen-bond donors (Lipinski definition) is 2. The van der Waals surface area contributed by atoms with Gasteiger partial charge in [0.1, 0.15) is 4.90 Å². The van der Waals surface area contributed by atoms with Gasteiger partial charge < -0.3 is 5.32 Å². The maximum absolute atomic E-state index is 11.7. The molecular formula is C11H14N2O3S. The van der Waals surface area contributed by atoms with E-state index >= 15 is 0 Å². The zero-order valence-electron chi connectivity index (χ0n) is 9.22. The predicted molar refractivity (Wildman–Crippen MR) is 63.8 cm³/mol. The molecule has 1 aromatic carbocycles. The molecule has 0 atom stereocenters. The van der Waals surface area contributed by atoms with Crippen molar-refractivity contribution in [1.82, 2.24) is 0 Å². The Kier molecular flexibility index (Phi) is 3.17. The number of rotatable bonds is 3. The van der Waals surface area contributed by atoms with Gasteiger partial charge in [-0.2, -0.15) is 0 Å². The fourth-order valence-electron chi connectivity index (χ4n) is 1.72. The number of benzene rings is 1. The van der Waals surface area contributed by atoms with E-state index in [1.54, 1.807) is 12.1 Å². The maximum Gasteiger partial charge on any atom is 0.240 e. The van der Waals surface area contributed by atoms with Crippen LogP contribution in [0.25, 0.3) is 0 Å². The summed E-state index contributed by atoms with van der Waals surface area (Å²) in [5.41, 5.74) is 0.256. The molecule has 1 amide bonds. The average Bonchev–Trinajstić information content (AvgIpc) is 2.13. The number of sulfonamides is 1. The average molecular weight is 254 g/mol. The molecule has 0 unspecified atom stereocenters. The van der Waals surface area contributed by atoms with E-state index in [-0.39, 0.29) is 22.4 Å². The van der Waals surface area contributed by atoms with Crippen molar-refractivity contribution < 1.29 is 13.2 Å². The number of carbonyl (C=O) groups excluding carboxylic acids is 1. The molecule has 1 aliphatic carbocycles. The van der Waals surface area contributed by atoms with Crippen LogP contribution in [-0.4, -0.2) is 14.3 Å². The van der Waals surface area contributed by atoms with Gasteiger partial charge in [-0.05, 0) is 25.0 Å². The number of para-hydroxylation sites is 1. The van der Waals surface area contributed by atoms with Gasteiger partial charge in [-0.25, -0.2) is 13.6 Å². The van der Waals surface area contributed by atoms with E-state index in [0.29, 0.717) is 0 Å². The van der Waals surface area contributed by atoms with Crippen LogP contribution in [0, 0.1) is 5.92 Å².